The monoisotopic (exact) mass is 188 g/mol. The molecule has 0 bridgehead atoms. The average molecular weight is 188 g/mol. The number of carboxylic acids is 1. The van der Waals surface area contributed by atoms with Crippen LogP contribution in [0.5, 0.6) is 0 Å². The molecule has 1 N–H and O–H groups in total. The van der Waals surface area contributed by atoms with E-state index in [-0.39, 0.29) is 5.97 Å². The van der Waals surface area contributed by atoms with E-state index in [1.165, 1.54) is 6.92 Å². The summed E-state index contributed by atoms with van der Waals surface area (Å²) in [4.78, 5) is 19.4. The fourth-order valence-electron chi connectivity index (χ4n) is 0.284. The smallest absolute Gasteiger partial charge is 0.327 e. The quantitative estimate of drug-likeness (QED) is 0.538. The van der Waals surface area contributed by atoms with E-state index in [0.29, 0.717) is 12.5 Å². The largest absolute Gasteiger partial charge is 0.478 e. The molecule has 0 saturated carbocycles. The van der Waals surface area contributed by atoms with Gasteiger partial charge >= 0.3 is 11.9 Å². The van der Waals surface area contributed by atoms with Gasteiger partial charge in [0.25, 0.3) is 0 Å². The third-order valence-electron chi connectivity index (χ3n) is 0.795. The van der Waals surface area contributed by atoms with Crippen LogP contribution in [0.25, 0.3) is 0 Å². The van der Waals surface area contributed by atoms with Gasteiger partial charge in [-0.15, -0.1) is 0 Å². The highest BCUT2D eigenvalue weighted by atomic mass is 16.5. The molecule has 0 amide bonds. The number of esters is 1. The molecular weight excluding hydrogens is 172 g/mol. The van der Waals surface area contributed by atoms with Gasteiger partial charge < -0.3 is 9.84 Å². The highest BCUT2D eigenvalue weighted by Crippen LogP contribution is 1.91. The molecule has 0 atom stereocenters. The molecule has 0 rings (SSSR count). The lowest BCUT2D eigenvalue weighted by Crippen LogP contribution is -2.05. The number of carbonyl (C=O) groups is 2. The number of hydrogen-bond acceptors (Lipinski definition) is 3. The van der Waals surface area contributed by atoms with Crippen LogP contribution in [0.2, 0.25) is 0 Å². The van der Waals surface area contributed by atoms with E-state index in [4.69, 9.17) is 5.11 Å². The Morgan fingerprint density at radius 1 is 1.54 bits per heavy atom. The number of rotatable bonds is 3. The normalized spacial score (nSPS) is 8.31. The Balaban J connectivity index is 0. The van der Waals surface area contributed by atoms with Gasteiger partial charge in [0.1, 0.15) is 0 Å². The predicted octanol–water partition coefficient (Wildman–Crippen LogP) is 1.46. The van der Waals surface area contributed by atoms with Crippen molar-refractivity contribution < 1.29 is 19.4 Å². The van der Waals surface area contributed by atoms with E-state index in [0.717, 1.165) is 6.08 Å². The molecule has 76 valence electrons. The zero-order valence-electron chi connectivity index (χ0n) is 8.24. The Kier molecular flexibility index (Phi) is 9.60. The Hall–Kier alpha value is -1.32. The highest BCUT2D eigenvalue weighted by Gasteiger charge is 1.94. The van der Waals surface area contributed by atoms with Crippen molar-refractivity contribution >= 4 is 11.9 Å². The summed E-state index contributed by atoms with van der Waals surface area (Å²) in [6, 6.07) is 0. The highest BCUT2D eigenvalue weighted by molar-refractivity contribution is 5.78. The zero-order valence-corrected chi connectivity index (χ0v) is 8.24. The van der Waals surface area contributed by atoms with Crippen molar-refractivity contribution in [1.29, 1.82) is 0 Å². The van der Waals surface area contributed by atoms with E-state index in [2.05, 4.69) is 11.3 Å². The van der Waals surface area contributed by atoms with Crippen molar-refractivity contribution in [1.82, 2.24) is 0 Å². The van der Waals surface area contributed by atoms with Gasteiger partial charge in [0, 0.05) is 13.0 Å². The van der Waals surface area contributed by atoms with Gasteiger partial charge in [-0.3, -0.25) is 4.79 Å². The molecule has 0 spiro atoms. The molecule has 0 aliphatic rings. The molecule has 0 aromatic rings. The van der Waals surface area contributed by atoms with E-state index in [1.807, 2.05) is 13.8 Å². The summed E-state index contributed by atoms with van der Waals surface area (Å²) in [5.74, 6) is -0.734. The topological polar surface area (TPSA) is 63.6 Å². The van der Waals surface area contributed by atoms with E-state index in [9.17, 15) is 9.59 Å². The minimum Gasteiger partial charge on any atom is -0.478 e. The fraction of sp³-hybridized carbons (Fsp3) is 0.556. The van der Waals surface area contributed by atoms with Gasteiger partial charge in [-0.25, -0.2) is 4.79 Å². The summed E-state index contributed by atoms with van der Waals surface area (Å²) in [7, 11) is 0. The van der Waals surface area contributed by atoms with Crippen LogP contribution in [0, 0.1) is 5.92 Å². The molecule has 0 aromatic heterocycles. The second-order valence-corrected chi connectivity index (χ2v) is 2.74. The number of hydrogen-bond donors (Lipinski definition) is 1. The molecule has 0 fully saturated rings. The minimum absolute atomic E-state index is 0.196. The fourth-order valence-corrected chi connectivity index (χ4v) is 0.284. The van der Waals surface area contributed by atoms with Gasteiger partial charge in [-0.1, -0.05) is 20.4 Å². The van der Waals surface area contributed by atoms with Crippen LogP contribution in [-0.4, -0.2) is 23.7 Å². The molecule has 0 radical (unpaired) electrons. The maximum atomic E-state index is 10.1. The van der Waals surface area contributed by atoms with Gasteiger partial charge in [-0.05, 0) is 5.92 Å². The summed E-state index contributed by atoms with van der Waals surface area (Å²) < 4.78 is 4.66. The van der Waals surface area contributed by atoms with Gasteiger partial charge in [0.2, 0.25) is 0 Å². The molecule has 0 heterocycles. The molecule has 13 heavy (non-hydrogen) atoms. The Labute approximate surface area is 78.2 Å². The van der Waals surface area contributed by atoms with Crippen molar-refractivity contribution in [3.63, 3.8) is 0 Å². The lowest BCUT2D eigenvalue weighted by molar-refractivity contribution is -0.142. The van der Waals surface area contributed by atoms with E-state index in [1.54, 1.807) is 0 Å². The molecule has 4 nitrogen and oxygen atoms in total. The maximum absolute atomic E-state index is 10.1. The van der Waals surface area contributed by atoms with Crippen LogP contribution < -0.4 is 0 Å². The van der Waals surface area contributed by atoms with Gasteiger partial charge in [-0.2, -0.15) is 0 Å². The first-order valence-electron chi connectivity index (χ1n) is 3.88. The summed E-state index contributed by atoms with van der Waals surface area (Å²) >= 11 is 0. The van der Waals surface area contributed by atoms with Crippen molar-refractivity contribution in [3.8, 4) is 0 Å². The number of aliphatic carboxylic acids is 1. The van der Waals surface area contributed by atoms with Gasteiger partial charge in [0.05, 0.1) is 6.61 Å². The van der Waals surface area contributed by atoms with Gasteiger partial charge in [0.15, 0.2) is 0 Å². The van der Waals surface area contributed by atoms with E-state index >= 15 is 0 Å². The SMILES string of the molecule is C=CC(=O)O.CC(=O)OCC(C)C. The molecule has 0 aliphatic heterocycles. The molecular formula is C9H16O4. The zero-order chi connectivity index (χ0) is 10.9. The molecule has 4 heteroatoms. The van der Waals surface area contributed by atoms with Crippen LogP contribution in [0.15, 0.2) is 12.7 Å². The lowest BCUT2D eigenvalue weighted by Gasteiger charge is -2.02. The third-order valence-corrected chi connectivity index (χ3v) is 0.795. The summed E-state index contributed by atoms with van der Waals surface area (Å²) in [5, 5.41) is 7.60. The average Bonchev–Trinajstić information content (AvgIpc) is 2.02. The maximum Gasteiger partial charge on any atom is 0.327 e. The summed E-state index contributed by atoms with van der Waals surface area (Å²) in [6.07, 6.45) is 0.833. The molecule has 0 saturated heterocycles. The standard InChI is InChI=1S/C6H12O2.C3H4O2/c1-5(2)4-8-6(3)7;1-2-3(4)5/h5H,4H2,1-3H3;2H,1H2,(H,4,5). The van der Waals surface area contributed by atoms with E-state index < -0.39 is 5.97 Å². The lowest BCUT2D eigenvalue weighted by atomic mass is 10.2. The number of carbonyl (C=O) groups excluding carboxylic acids is 1. The Morgan fingerprint density at radius 2 is 1.92 bits per heavy atom. The van der Waals surface area contributed by atoms with Crippen molar-refractivity contribution in [3.05, 3.63) is 12.7 Å². The summed E-state index contributed by atoms with van der Waals surface area (Å²) in [6.45, 7) is 8.92. The van der Waals surface area contributed by atoms with Crippen molar-refractivity contribution in [2.45, 2.75) is 20.8 Å². The van der Waals surface area contributed by atoms with Crippen LogP contribution in [-0.2, 0) is 14.3 Å². The van der Waals surface area contributed by atoms with Crippen molar-refractivity contribution in [2.75, 3.05) is 6.61 Å². The third kappa shape index (κ3) is 24.9. The predicted molar refractivity (Wildman–Crippen MR) is 49.3 cm³/mol. The van der Waals surface area contributed by atoms with Crippen LogP contribution in [0.1, 0.15) is 20.8 Å². The Morgan fingerprint density at radius 3 is 2.00 bits per heavy atom. The minimum atomic E-state index is -0.981. The number of carboxylic acid groups (broad SMARTS) is 1. The second-order valence-electron chi connectivity index (χ2n) is 2.74. The molecule has 0 unspecified atom stereocenters. The van der Waals surface area contributed by atoms with Crippen LogP contribution in [0.4, 0.5) is 0 Å². The van der Waals surface area contributed by atoms with Crippen LogP contribution >= 0.6 is 0 Å². The van der Waals surface area contributed by atoms with Crippen LogP contribution in [0.3, 0.4) is 0 Å². The van der Waals surface area contributed by atoms with Crippen molar-refractivity contribution in [2.24, 2.45) is 5.92 Å². The second kappa shape index (κ2) is 8.77. The first-order chi connectivity index (χ1) is 5.90. The Bertz CT molecular complexity index is 172. The molecule has 0 aromatic carbocycles. The molecule has 0 aliphatic carbocycles. The number of ether oxygens (including phenoxy) is 1. The first kappa shape index (κ1) is 14.2. The summed E-state index contributed by atoms with van der Waals surface area (Å²) in [5.41, 5.74) is 0. The first-order valence-corrected chi connectivity index (χ1v) is 3.88.